The first-order chi connectivity index (χ1) is 11.2. The molecule has 1 saturated carbocycles. The first kappa shape index (κ1) is 16.5. The average molecular weight is 316 g/mol. The molecule has 0 radical (unpaired) electrons. The SMILES string of the molecule is NC1CCCC(C(=O)NCC2CCCOC2c2ccccc2)C1. The zero-order chi connectivity index (χ0) is 16.1. The molecule has 4 atom stereocenters. The zero-order valence-corrected chi connectivity index (χ0v) is 13.7. The third kappa shape index (κ3) is 4.33. The Morgan fingerprint density at radius 3 is 2.78 bits per heavy atom. The number of rotatable bonds is 4. The lowest BCUT2D eigenvalue weighted by molar-refractivity contribution is -0.126. The quantitative estimate of drug-likeness (QED) is 0.898. The van der Waals surface area contributed by atoms with Crippen LogP contribution in [0.5, 0.6) is 0 Å². The van der Waals surface area contributed by atoms with Crippen molar-refractivity contribution in [3.8, 4) is 0 Å². The van der Waals surface area contributed by atoms with Crippen LogP contribution in [0.4, 0.5) is 0 Å². The fourth-order valence-corrected chi connectivity index (χ4v) is 3.91. The van der Waals surface area contributed by atoms with E-state index in [0.717, 1.165) is 45.1 Å². The lowest BCUT2D eigenvalue weighted by atomic mass is 9.85. The lowest BCUT2D eigenvalue weighted by Crippen LogP contribution is -2.41. The van der Waals surface area contributed by atoms with Crippen molar-refractivity contribution in [1.82, 2.24) is 5.32 Å². The monoisotopic (exact) mass is 316 g/mol. The van der Waals surface area contributed by atoms with Crippen LogP contribution in [0.15, 0.2) is 30.3 Å². The molecule has 0 bridgehead atoms. The van der Waals surface area contributed by atoms with Crippen molar-refractivity contribution in [3.63, 3.8) is 0 Å². The van der Waals surface area contributed by atoms with Gasteiger partial charge in [-0.05, 0) is 37.7 Å². The van der Waals surface area contributed by atoms with Gasteiger partial charge in [0.25, 0.3) is 0 Å². The molecule has 1 aromatic carbocycles. The summed E-state index contributed by atoms with van der Waals surface area (Å²) in [4.78, 5) is 12.4. The molecule has 2 aliphatic rings. The van der Waals surface area contributed by atoms with Gasteiger partial charge in [-0.3, -0.25) is 4.79 Å². The molecule has 4 unspecified atom stereocenters. The number of nitrogens with one attached hydrogen (secondary N) is 1. The Kier molecular flexibility index (Phi) is 5.68. The maximum Gasteiger partial charge on any atom is 0.223 e. The van der Waals surface area contributed by atoms with Gasteiger partial charge in [0.2, 0.25) is 5.91 Å². The van der Waals surface area contributed by atoms with Crippen LogP contribution in [0.3, 0.4) is 0 Å². The smallest absolute Gasteiger partial charge is 0.223 e. The van der Waals surface area contributed by atoms with Gasteiger partial charge in [0.05, 0.1) is 6.10 Å². The minimum atomic E-state index is 0.0958. The predicted octanol–water partition coefficient (Wildman–Crippen LogP) is 2.79. The van der Waals surface area contributed by atoms with Gasteiger partial charge in [-0.15, -0.1) is 0 Å². The van der Waals surface area contributed by atoms with Crippen molar-refractivity contribution >= 4 is 5.91 Å². The first-order valence-electron chi connectivity index (χ1n) is 8.94. The fourth-order valence-electron chi connectivity index (χ4n) is 3.91. The molecule has 23 heavy (non-hydrogen) atoms. The van der Waals surface area contributed by atoms with E-state index in [1.54, 1.807) is 0 Å². The summed E-state index contributed by atoms with van der Waals surface area (Å²) in [5.74, 6) is 0.628. The highest BCUT2D eigenvalue weighted by Gasteiger charge is 2.30. The highest BCUT2D eigenvalue weighted by Crippen LogP contribution is 2.33. The van der Waals surface area contributed by atoms with E-state index >= 15 is 0 Å². The van der Waals surface area contributed by atoms with Crippen LogP contribution in [0, 0.1) is 11.8 Å². The second-order valence-corrected chi connectivity index (χ2v) is 6.97. The molecule has 0 aromatic heterocycles. The number of ether oxygens (including phenoxy) is 1. The number of carbonyl (C=O) groups excluding carboxylic acids is 1. The Morgan fingerprint density at radius 1 is 1.17 bits per heavy atom. The molecule has 2 fully saturated rings. The van der Waals surface area contributed by atoms with Crippen LogP contribution in [-0.2, 0) is 9.53 Å². The van der Waals surface area contributed by atoms with Crippen LogP contribution in [0.25, 0.3) is 0 Å². The van der Waals surface area contributed by atoms with E-state index in [1.165, 1.54) is 5.56 Å². The van der Waals surface area contributed by atoms with E-state index in [-0.39, 0.29) is 24.0 Å². The van der Waals surface area contributed by atoms with Gasteiger partial charge in [-0.1, -0.05) is 36.8 Å². The molecule has 1 amide bonds. The standard InChI is InChI=1S/C19H28N2O2/c20-17-10-4-8-15(12-17)19(22)21-13-16-9-5-11-23-18(16)14-6-2-1-3-7-14/h1-3,6-7,15-18H,4-5,8-13,20H2,(H,21,22). The molecular formula is C19H28N2O2. The summed E-state index contributed by atoms with van der Waals surface area (Å²) in [6, 6.07) is 10.5. The number of benzene rings is 1. The maximum absolute atomic E-state index is 12.4. The summed E-state index contributed by atoms with van der Waals surface area (Å²) in [7, 11) is 0. The Hall–Kier alpha value is -1.39. The summed E-state index contributed by atoms with van der Waals surface area (Å²) >= 11 is 0. The van der Waals surface area contributed by atoms with Crippen LogP contribution in [0.1, 0.15) is 50.2 Å². The van der Waals surface area contributed by atoms with Crippen molar-refractivity contribution in [3.05, 3.63) is 35.9 Å². The molecule has 1 saturated heterocycles. The first-order valence-corrected chi connectivity index (χ1v) is 8.94. The molecule has 0 spiro atoms. The van der Waals surface area contributed by atoms with E-state index in [2.05, 4.69) is 17.4 Å². The van der Waals surface area contributed by atoms with E-state index in [4.69, 9.17) is 10.5 Å². The Morgan fingerprint density at radius 2 is 2.00 bits per heavy atom. The molecule has 3 N–H and O–H groups in total. The van der Waals surface area contributed by atoms with Crippen molar-refractivity contribution in [2.75, 3.05) is 13.2 Å². The van der Waals surface area contributed by atoms with Gasteiger partial charge < -0.3 is 15.8 Å². The minimum Gasteiger partial charge on any atom is -0.373 e. The van der Waals surface area contributed by atoms with Crippen LogP contribution in [-0.4, -0.2) is 25.1 Å². The topological polar surface area (TPSA) is 64.4 Å². The van der Waals surface area contributed by atoms with Crippen molar-refractivity contribution in [2.45, 2.75) is 50.7 Å². The normalized spacial score (nSPS) is 31.5. The molecule has 1 heterocycles. The molecule has 4 nitrogen and oxygen atoms in total. The Labute approximate surface area is 138 Å². The Bertz CT molecular complexity index is 505. The molecule has 1 aliphatic carbocycles. The molecule has 126 valence electrons. The van der Waals surface area contributed by atoms with Gasteiger partial charge in [0, 0.05) is 31.0 Å². The summed E-state index contributed by atoms with van der Waals surface area (Å²) in [6.07, 6.45) is 6.19. The number of amides is 1. The summed E-state index contributed by atoms with van der Waals surface area (Å²) < 4.78 is 6.00. The van der Waals surface area contributed by atoms with Crippen LogP contribution < -0.4 is 11.1 Å². The van der Waals surface area contributed by atoms with Crippen molar-refractivity contribution < 1.29 is 9.53 Å². The van der Waals surface area contributed by atoms with E-state index in [1.807, 2.05) is 18.2 Å². The van der Waals surface area contributed by atoms with Crippen LogP contribution in [0.2, 0.25) is 0 Å². The van der Waals surface area contributed by atoms with Crippen molar-refractivity contribution in [1.29, 1.82) is 0 Å². The molecular weight excluding hydrogens is 288 g/mol. The van der Waals surface area contributed by atoms with Crippen LogP contribution >= 0.6 is 0 Å². The maximum atomic E-state index is 12.4. The second kappa shape index (κ2) is 7.93. The zero-order valence-electron chi connectivity index (χ0n) is 13.7. The molecule has 4 heteroatoms. The third-order valence-electron chi connectivity index (χ3n) is 5.20. The minimum absolute atomic E-state index is 0.0958. The van der Waals surface area contributed by atoms with Gasteiger partial charge in [0.1, 0.15) is 0 Å². The van der Waals surface area contributed by atoms with Gasteiger partial charge in [-0.2, -0.15) is 0 Å². The molecule has 1 aromatic rings. The predicted molar refractivity (Wildman–Crippen MR) is 90.8 cm³/mol. The number of nitrogens with two attached hydrogens (primary N) is 1. The summed E-state index contributed by atoms with van der Waals surface area (Å²) in [5.41, 5.74) is 7.21. The van der Waals surface area contributed by atoms with E-state index < -0.39 is 0 Å². The van der Waals surface area contributed by atoms with Crippen molar-refractivity contribution in [2.24, 2.45) is 17.6 Å². The van der Waals surface area contributed by atoms with E-state index in [9.17, 15) is 4.79 Å². The Balaban J connectivity index is 1.56. The van der Waals surface area contributed by atoms with Gasteiger partial charge in [-0.25, -0.2) is 0 Å². The summed E-state index contributed by atoms with van der Waals surface area (Å²) in [6.45, 7) is 1.51. The highest BCUT2D eigenvalue weighted by molar-refractivity contribution is 5.78. The third-order valence-corrected chi connectivity index (χ3v) is 5.20. The van der Waals surface area contributed by atoms with Gasteiger partial charge >= 0.3 is 0 Å². The number of carbonyl (C=O) groups is 1. The number of hydrogen-bond acceptors (Lipinski definition) is 3. The summed E-state index contributed by atoms with van der Waals surface area (Å²) in [5, 5.41) is 3.17. The molecule has 1 aliphatic heterocycles. The largest absolute Gasteiger partial charge is 0.373 e. The van der Waals surface area contributed by atoms with Gasteiger partial charge in [0.15, 0.2) is 0 Å². The van der Waals surface area contributed by atoms with E-state index in [0.29, 0.717) is 12.5 Å². The highest BCUT2D eigenvalue weighted by atomic mass is 16.5. The molecule has 3 rings (SSSR count). The number of hydrogen-bond donors (Lipinski definition) is 2. The fraction of sp³-hybridized carbons (Fsp3) is 0.632. The second-order valence-electron chi connectivity index (χ2n) is 6.97. The average Bonchev–Trinajstić information content (AvgIpc) is 2.60. The lowest BCUT2D eigenvalue weighted by Gasteiger charge is -2.33.